The number of nitrogens with zero attached hydrogens (tertiary/aromatic N) is 3. The van der Waals surface area contributed by atoms with E-state index in [2.05, 4.69) is 25.3 Å². The van der Waals surface area contributed by atoms with E-state index in [9.17, 15) is 40.8 Å². The number of hydrogen-bond acceptors (Lipinski definition) is 10. The molecule has 3 fully saturated rings. The van der Waals surface area contributed by atoms with Crippen LogP contribution in [0, 0.1) is 5.92 Å². The van der Waals surface area contributed by atoms with E-state index < -0.39 is 92.1 Å². The van der Waals surface area contributed by atoms with Gasteiger partial charge in [0, 0.05) is 12.3 Å². The van der Waals surface area contributed by atoms with Crippen LogP contribution in [0.3, 0.4) is 0 Å². The Bertz CT molecular complexity index is 1910. The fraction of sp³-hybridized carbons (Fsp3) is 0.600. The number of para-hydroxylation sites is 2. The molecule has 288 valence electrons. The van der Waals surface area contributed by atoms with Gasteiger partial charge in [-0.25, -0.2) is 23.2 Å². The molecule has 3 N–H and O–H groups in total. The monoisotopic (exact) mass is 764 g/mol. The minimum atomic E-state index is -4.96. The first kappa shape index (κ1) is 38.3. The van der Waals surface area contributed by atoms with Crippen molar-refractivity contribution < 1.29 is 50.2 Å². The SMILES string of the molecule is CC(C)(C)OC(=O)NC1CCCCCC=CC2CC2(C(=O)NS(=O)(=O)C2CC2)NC(=O)C2CC(Oc3nc4ccccc4nc3C(F)(F)F)CN2C1=O. The van der Waals surface area contributed by atoms with Crippen LogP contribution in [0.25, 0.3) is 11.0 Å². The summed E-state index contributed by atoms with van der Waals surface area (Å²) in [6.45, 7) is 4.57. The second-order valence-corrected chi connectivity index (χ2v) is 17.0. The molecule has 2 saturated carbocycles. The maximum Gasteiger partial charge on any atom is 0.438 e. The molecule has 2 aliphatic heterocycles. The van der Waals surface area contributed by atoms with Crippen LogP contribution < -0.4 is 20.1 Å². The van der Waals surface area contributed by atoms with Gasteiger partial charge >= 0.3 is 12.3 Å². The first-order chi connectivity index (χ1) is 24.9. The molecular weight excluding hydrogens is 721 g/mol. The Labute approximate surface area is 304 Å². The highest BCUT2D eigenvalue weighted by atomic mass is 32.2. The topological polar surface area (TPSA) is 186 Å². The molecule has 2 aromatic rings. The van der Waals surface area contributed by atoms with E-state index in [0.717, 1.165) is 4.90 Å². The average Bonchev–Trinajstić information content (AvgIpc) is 3.98. The number of hydrogen-bond donors (Lipinski definition) is 3. The summed E-state index contributed by atoms with van der Waals surface area (Å²) in [6.07, 6.45) is -0.193. The zero-order valence-electron chi connectivity index (χ0n) is 29.6. The third-order valence-electron chi connectivity index (χ3n) is 9.62. The number of ether oxygens (including phenoxy) is 2. The molecule has 18 heteroatoms. The molecule has 14 nitrogen and oxygen atoms in total. The van der Waals surface area contributed by atoms with Gasteiger partial charge in [-0.1, -0.05) is 37.1 Å². The number of sulfonamides is 1. The Kier molecular flexibility index (Phi) is 10.4. The summed E-state index contributed by atoms with van der Waals surface area (Å²) < 4.78 is 81.5. The van der Waals surface area contributed by atoms with Gasteiger partial charge in [0.2, 0.25) is 33.4 Å². The van der Waals surface area contributed by atoms with E-state index in [1.807, 2.05) is 6.08 Å². The zero-order chi connectivity index (χ0) is 38.3. The maximum atomic E-state index is 14.3. The number of carbonyl (C=O) groups excluding carboxylic acids is 4. The number of alkyl halides is 3. The molecule has 2 aliphatic carbocycles. The van der Waals surface area contributed by atoms with Gasteiger partial charge in [-0.2, -0.15) is 13.2 Å². The van der Waals surface area contributed by atoms with Crippen LogP contribution in [-0.4, -0.2) is 88.2 Å². The smallest absolute Gasteiger partial charge is 0.438 e. The quantitative estimate of drug-likeness (QED) is 0.365. The summed E-state index contributed by atoms with van der Waals surface area (Å²) in [4.78, 5) is 64.0. The van der Waals surface area contributed by atoms with Crippen molar-refractivity contribution in [2.75, 3.05) is 6.54 Å². The van der Waals surface area contributed by atoms with Crippen LogP contribution in [0.2, 0.25) is 0 Å². The molecule has 5 atom stereocenters. The van der Waals surface area contributed by atoms with Crippen LogP contribution >= 0.6 is 0 Å². The molecular formula is C35H43F3N6O8S. The standard InChI is InChI=1S/C35H43F3N6O8S/c1-33(2,3)52-32(48)41-25-14-8-6-4-5-7-11-20-18-34(20,31(47)43-53(49,50)22-15-16-22)42-28(45)26-17-21(19-44(26)30(25)46)51-29-27(35(36,37)38)39-23-12-9-10-13-24(23)40-29/h7,9-13,20-22,25-26H,4-6,8,14-19H2,1-3H3,(H,41,48)(H,42,45)(H,43,47). The normalized spacial score (nSPS) is 27.1. The van der Waals surface area contributed by atoms with Gasteiger partial charge in [0.1, 0.15) is 29.3 Å². The second-order valence-electron chi connectivity index (χ2n) is 15.1. The van der Waals surface area contributed by atoms with Crippen LogP contribution in [0.15, 0.2) is 36.4 Å². The van der Waals surface area contributed by atoms with Gasteiger partial charge in [0.05, 0.1) is 22.8 Å². The van der Waals surface area contributed by atoms with E-state index in [-0.39, 0.29) is 36.8 Å². The lowest BCUT2D eigenvalue weighted by Gasteiger charge is -2.30. The average molecular weight is 765 g/mol. The molecule has 3 heterocycles. The molecule has 4 aliphatic rings. The van der Waals surface area contributed by atoms with Gasteiger partial charge in [-0.3, -0.25) is 19.1 Å². The highest BCUT2D eigenvalue weighted by Crippen LogP contribution is 2.46. The van der Waals surface area contributed by atoms with Crippen LogP contribution in [0.1, 0.15) is 84.3 Å². The lowest BCUT2D eigenvalue weighted by Crippen LogP contribution is -2.58. The number of benzene rings is 1. The molecule has 0 bridgehead atoms. The number of amides is 4. The predicted molar refractivity (Wildman–Crippen MR) is 184 cm³/mol. The molecule has 0 spiro atoms. The third-order valence-corrected chi connectivity index (χ3v) is 11.4. The molecule has 1 saturated heterocycles. The van der Waals surface area contributed by atoms with Gasteiger partial charge in [-0.15, -0.1) is 0 Å². The summed E-state index contributed by atoms with van der Waals surface area (Å²) in [6, 6.07) is 3.35. The molecule has 4 amide bonds. The minimum Gasteiger partial charge on any atom is -0.471 e. The first-order valence-electron chi connectivity index (χ1n) is 17.7. The van der Waals surface area contributed by atoms with Crippen LogP contribution in [0.5, 0.6) is 5.88 Å². The van der Waals surface area contributed by atoms with Crippen LogP contribution in [-0.2, 0) is 35.3 Å². The van der Waals surface area contributed by atoms with Crippen molar-refractivity contribution in [2.24, 2.45) is 5.92 Å². The van der Waals surface area contributed by atoms with Crippen molar-refractivity contribution in [3.05, 3.63) is 42.1 Å². The number of nitrogens with one attached hydrogen (secondary N) is 3. The number of allylic oxidation sites excluding steroid dienone is 1. The fourth-order valence-corrected chi connectivity index (χ4v) is 8.07. The van der Waals surface area contributed by atoms with Crippen LogP contribution in [0.4, 0.5) is 18.0 Å². The molecule has 53 heavy (non-hydrogen) atoms. The molecule has 1 aromatic heterocycles. The largest absolute Gasteiger partial charge is 0.471 e. The molecule has 5 unspecified atom stereocenters. The number of aromatic nitrogens is 2. The summed E-state index contributed by atoms with van der Waals surface area (Å²) in [5.41, 5.74) is -3.82. The number of rotatable bonds is 6. The van der Waals surface area contributed by atoms with Crippen molar-refractivity contribution in [1.82, 2.24) is 30.2 Å². The number of fused-ring (bicyclic) bond motifs is 3. The summed E-state index contributed by atoms with van der Waals surface area (Å²) in [7, 11) is -3.98. The Balaban J connectivity index is 1.33. The van der Waals surface area contributed by atoms with E-state index in [0.29, 0.717) is 38.5 Å². The number of carbonyl (C=O) groups is 4. The Morgan fingerprint density at radius 1 is 1.02 bits per heavy atom. The van der Waals surface area contributed by atoms with Crippen molar-refractivity contribution in [3.8, 4) is 5.88 Å². The van der Waals surface area contributed by atoms with Crippen molar-refractivity contribution >= 4 is 44.9 Å². The van der Waals surface area contributed by atoms with Gasteiger partial charge in [0.25, 0.3) is 5.91 Å². The molecule has 6 rings (SSSR count). The lowest BCUT2D eigenvalue weighted by molar-refractivity contribution is -0.143. The molecule has 1 aromatic carbocycles. The second kappa shape index (κ2) is 14.4. The lowest BCUT2D eigenvalue weighted by atomic mass is 10.0. The summed E-state index contributed by atoms with van der Waals surface area (Å²) in [5, 5.41) is 4.60. The number of halogens is 3. The van der Waals surface area contributed by atoms with Crippen molar-refractivity contribution in [3.63, 3.8) is 0 Å². The van der Waals surface area contributed by atoms with E-state index in [4.69, 9.17) is 9.47 Å². The van der Waals surface area contributed by atoms with Gasteiger partial charge in [-0.05, 0) is 71.4 Å². The molecule has 0 radical (unpaired) electrons. The zero-order valence-corrected chi connectivity index (χ0v) is 30.4. The summed E-state index contributed by atoms with van der Waals surface area (Å²) >= 11 is 0. The fourth-order valence-electron chi connectivity index (χ4n) is 6.71. The summed E-state index contributed by atoms with van der Waals surface area (Å²) in [5.74, 6) is -3.85. The highest BCUT2D eigenvalue weighted by molar-refractivity contribution is 7.91. The van der Waals surface area contributed by atoms with E-state index >= 15 is 0 Å². The highest BCUT2D eigenvalue weighted by Gasteiger charge is 2.62. The maximum absolute atomic E-state index is 14.3. The van der Waals surface area contributed by atoms with Crippen molar-refractivity contribution in [2.45, 2.75) is 119 Å². The van der Waals surface area contributed by atoms with E-state index in [1.165, 1.54) is 18.2 Å². The predicted octanol–water partition coefficient (Wildman–Crippen LogP) is 3.89. The van der Waals surface area contributed by atoms with Crippen molar-refractivity contribution in [1.29, 1.82) is 0 Å². The first-order valence-corrected chi connectivity index (χ1v) is 19.3. The number of alkyl carbamates (subject to hydrolysis) is 1. The Morgan fingerprint density at radius 2 is 1.72 bits per heavy atom. The third kappa shape index (κ3) is 8.84. The van der Waals surface area contributed by atoms with E-state index in [1.54, 1.807) is 32.9 Å². The van der Waals surface area contributed by atoms with Gasteiger partial charge in [0.15, 0.2) is 0 Å². The Morgan fingerprint density at radius 3 is 2.38 bits per heavy atom. The minimum absolute atomic E-state index is 0.0165. The Hall–Kier alpha value is -4.48. The van der Waals surface area contributed by atoms with Gasteiger partial charge < -0.3 is 25.0 Å².